The van der Waals surface area contributed by atoms with Gasteiger partial charge >= 0.3 is 0 Å². The monoisotopic (exact) mass is 435 g/mol. The molecule has 2 aromatic rings. The van der Waals surface area contributed by atoms with Crippen LogP contribution in [-0.4, -0.2) is 40.6 Å². The number of carbonyl (C=O) groups excluding carboxylic acids is 1. The fourth-order valence-corrected chi connectivity index (χ4v) is 4.55. The molecule has 1 unspecified atom stereocenters. The quantitative estimate of drug-likeness (QED) is 0.659. The van der Waals surface area contributed by atoms with Crippen molar-refractivity contribution < 1.29 is 9.00 Å². The van der Waals surface area contributed by atoms with Crippen LogP contribution < -0.4 is 5.01 Å². The predicted octanol–water partition coefficient (Wildman–Crippen LogP) is 4.26. The molecule has 0 saturated heterocycles. The van der Waals surface area contributed by atoms with Gasteiger partial charge in [-0.05, 0) is 36.8 Å². The average molecular weight is 436 g/mol. The van der Waals surface area contributed by atoms with Gasteiger partial charge in [0.1, 0.15) is 0 Å². The minimum atomic E-state index is -1.48. The van der Waals surface area contributed by atoms with Crippen molar-refractivity contribution in [3.8, 4) is 0 Å². The molecule has 3 rings (SSSR count). The minimum absolute atomic E-state index is 0.0650. The van der Waals surface area contributed by atoms with Gasteiger partial charge in [0.25, 0.3) is 5.91 Å². The van der Waals surface area contributed by atoms with E-state index >= 15 is 0 Å². The van der Waals surface area contributed by atoms with Crippen molar-refractivity contribution in [2.24, 2.45) is 5.10 Å². The number of para-hydroxylation sites is 1. The fourth-order valence-electron chi connectivity index (χ4n) is 2.70. The number of benzene rings is 2. The Hall–Kier alpha value is -2.15. The van der Waals surface area contributed by atoms with Crippen molar-refractivity contribution >= 4 is 51.3 Å². The number of anilines is 1. The number of aryl methyl sites for hydroxylation is 1. The molecule has 8 heteroatoms. The van der Waals surface area contributed by atoms with Crippen LogP contribution in [0.25, 0.3) is 0 Å². The Labute approximate surface area is 176 Å². The van der Waals surface area contributed by atoms with E-state index in [9.17, 15) is 9.00 Å². The Balaban J connectivity index is 1.96. The van der Waals surface area contributed by atoms with E-state index in [-0.39, 0.29) is 11.7 Å². The molecule has 2 aromatic carbocycles. The number of hydrazone groups is 1. The summed E-state index contributed by atoms with van der Waals surface area (Å²) in [6, 6.07) is 12.4. The summed E-state index contributed by atoms with van der Waals surface area (Å²) in [7, 11) is 2.15. The van der Waals surface area contributed by atoms with Gasteiger partial charge in [0.2, 0.25) is 0 Å². The zero-order valence-electron chi connectivity index (χ0n) is 15.6. The molecule has 146 valence electrons. The average Bonchev–Trinajstić information content (AvgIpc) is 2.94. The van der Waals surface area contributed by atoms with Crippen LogP contribution in [0.3, 0.4) is 0 Å². The van der Waals surface area contributed by atoms with E-state index in [1.807, 2.05) is 39.2 Å². The maximum atomic E-state index is 13.0. The first-order valence-corrected chi connectivity index (χ1v) is 10.5. The molecule has 0 spiro atoms. The van der Waals surface area contributed by atoms with E-state index in [4.69, 9.17) is 23.2 Å². The topological polar surface area (TPSA) is 53.0 Å². The Kier molecular flexibility index (Phi) is 6.23. The largest absolute Gasteiger partial charge is 0.383 e. The van der Waals surface area contributed by atoms with Crippen LogP contribution in [0.15, 0.2) is 64.2 Å². The first-order chi connectivity index (χ1) is 13.3. The van der Waals surface area contributed by atoms with Crippen molar-refractivity contribution in [3.05, 3.63) is 69.8 Å². The van der Waals surface area contributed by atoms with Crippen molar-refractivity contribution in [2.45, 2.75) is 11.8 Å². The highest BCUT2D eigenvalue weighted by Crippen LogP contribution is 2.29. The highest BCUT2D eigenvalue weighted by atomic mass is 35.5. The molecule has 5 nitrogen and oxygen atoms in total. The smallest absolute Gasteiger partial charge is 0.282 e. The first-order valence-electron chi connectivity index (χ1n) is 8.47. The van der Waals surface area contributed by atoms with E-state index in [0.29, 0.717) is 31.9 Å². The molecular weight excluding hydrogens is 417 g/mol. The fraction of sp³-hybridized carbons (Fsp3) is 0.200. The van der Waals surface area contributed by atoms with Gasteiger partial charge in [-0.2, -0.15) is 10.1 Å². The van der Waals surface area contributed by atoms with Gasteiger partial charge < -0.3 is 4.90 Å². The lowest BCUT2D eigenvalue weighted by molar-refractivity contribution is -0.114. The van der Waals surface area contributed by atoms with Crippen LogP contribution in [0.2, 0.25) is 10.0 Å². The van der Waals surface area contributed by atoms with Crippen LogP contribution >= 0.6 is 23.2 Å². The molecule has 1 amide bonds. The van der Waals surface area contributed by atoms with Crippen molar-refractivity contribution in [1.82, 2.24) is 4.90 Å². The Morgan fingerprint density at radius 3 is 2.46 bits per heavy atom. The number of amides is 1. The molecule has 0 aromatic heterocycles. The van der Waals surface area contributed by atoms with Crippen LogP contribution in [0.1, 0.15) is 5.56 Å². The van der Waals surface area contributed by atoms with Gasteiger partial charge in [-0.3, -0.25) is 9.00 Å². The second-order valence-electron chi connectivity index (χ2n) is 6.53. The van der Waals surface area contributed by atoms with Crippen LogP contribution in [0.4, 0.5) is 5.69 Å². The molecule has 0 N–H and O–H groups in total. The van der Waals surface area contributed by atoms with Crippen molar-refractivity contribution in [2.75, 3.05) is 24.9 Å². The summed E-state index contributed by atoms with van der Waals surface area (Å²) in [6.07, 6.45) is 1.69. The van der Waals surface area contributed by atoms with E-state index in [1.54, 1.807) is 35.4 Å². The summed E-state index contributed by atoms with van der Waals surface area (Å²) in [5, 5.41) is 6.63. The molecule has 28 heavy (non-hydrogen) atoms. The van der Waals surface area contributed by atoms with Crippen molar-refractivity contribution in [1.29, 1.82) is 0 Å². The van der Waals surface area contributed by atoms with Crippen molar-refractivity contribution in [3.63, 3.8) is 0 Å². The highest BCUT2D eigenvalue weighted by molar-refractivity contribution is 7.86. The summed E-state index contributed by atoms with van der Waals surface area (Å²) < 4.78 is 13.0. The number of carbonyl (C=O) groups is 1. The Morgan fingerprint density at radius 2 is 1.82 bits per heavy atom. The molecular formula is C20H19Cl2N3O2S. The summed E-state index contributed by atoms with van der Waals surface area (Å²) in [6.45, 7) is 1.82. The Morgan fingerprint density at radius 1 is 1.14 bits per heavy atom. The molecule has 0 fully saturated rings. The SMILES string of the molecule is Cc1cc(S(=O)CC2=NN(c3ccccc3)C(=O)/C2=C\N(C)C)c(Cl)cc1Cl. The number of hydrogen-bond acceptors (Lipinski definition) is 4. The molecule has 0 aliphatic carbocycles. The van der Waals surface area contributed by atoms with Crippen LogP contribution in [-0.2, 0) is 15.6 Å². The van der Waals surface area contributed by atoms with E-state index in [2.05, 4.69) is 5.10 Å². The normalized spacial score (nSPS) is 16.5. The first kappa shape index (κ1) is 20.6. The number of rotatable bonds is 5. The maximum Gasteiger partial charge on any atom is 0.282 e. The minimum Gasteiger partial charge on any atom is -0.383 e. The third-order valence-corrected chi connectivity index (χ3v) is 6.26. The zero-order chi connectivity index (χ0) is 20.4. The molecule has 0 bridgehead atoms. The summed E-state index contributed by atoms with van der Waals surface area (Å²) in [5.41, 5.74) is 2.29. The molecule has 0 radical (unpaired) electrons. The van der Waals surface area contributed by atoms with Crippen LogP contribution in [0.5, 0.6) is 0 Å². The highest BCUT2D eigenvalue weighted by Gasteiger charge is 2.32. The van der Waals surface area contributed by atoms with E-state index in [1.165, 1.54) is 5.01 Å². The molecule has 0 saturated carbocycles. The zero-order valence-corrected chi connectivity index (χ0v) is 18.0. The lowest BCUT2D eigenvalue weighted by atomic mass is 10.2. The Bertz CT molecular complexity index is 1000. The lowest BCUT2D eigenvalue weighted by Crippen LogP contribution is -2.23. The summed E-state index contributed by atoms with van der Waals surface area (Å²) in [4.78, 5) is 15.1. The summed E-state index contributed by atoms with van der Waals surface area (Å²) >= 11 is 12.3. The third-order valence-electron chi connectivity index (χ3n) is 4.07. The summed E-state index contributed by atoms with van der Waals surface area (Å²) in [5.74, 6) is -0.194. The standard InChI is InChI=1S/C20H19Cl2N3O2S/c1-13-9-19(17(22)10-16(13)21)28(27)12-18-15(11-24(2)3)20(26)25(23-18)14-7-5-4-6-8-14/h4-11H,12H2,1-3H3/b15-11-. The molecule has 1 atom stereocenters. The van der Waals surface area contributed by atoms with Gasteiger partial charge in [0, 0.05) is 25.3 Å². The van der Waals surface area contributed by atoms with E-state index in [0.717, 1.165) is 5.56 Å². The third kappa shape index (κ3) is 4.29. The molecule has 1 aliphatic rings. The maximum absolute atomic E-state index is 13.0. The van der Waals surface area contributed by atoms with Crippen LogP contribution in [0, 0.1) is 6.92 Å². The van der Waals surface area contributed by atoms with Gasteiger partial charge in [-0.25, -0.2) is 0 Å². The second-order valence-corrected chi connectivity index (χ2v) is 8.76. The number of halogens is 2. The van der Waals surface area contributed by atoms with Gasteiger partial charge in [0.15, 0.2) is 0 Å². The number of hydrogen-bond donors (Lipinski definition) is 0. The van der Waals surface area contributed by atoms with Gasteiger partial charge in [-0.15, -0.1) is 0 Å². The lowest BCUT2D eigenvalue weighted by Gasteiger charge is -2.12. The second kappa shape index (κ2) is 8.47. The predicted molar refractivity (Wildman–Crippen MR) is 116 cm³/mol. The molecule has 1 heterocycles. The number of nitrogens with zero attached hydrogens (tertiary/aromatic N) is 3. The van der Waals surface area contributed by atoms with E-state index < -0.39 is 10.8 Å². The molecule has 1 aliphatic heterocycles. The van der Waals surface area contributed by atoms with Gasteiger partial charge in [-0.1, -0.05) is 41.4 Å². The van der Waals surface area contributed by atoms with Gasteiger partial charge in [0.05, 0.1) is 43.4 Å².